The first-order chi connectivity index (χ1) is 8.98. The number of carboxylic acid groups (broad SMARTS) is 1. The third-order valence-corrected chi connectivity index (χ3v) is 5.22. The lowest BCUT2D eigenvalue weighted by molar-refractivity contribution is -0.142. The molecule has 1 aliphatic heterocycles. The van der Waals surface area contributed by atoms with Crippen LogP contribution in [0.4, 0.5) is 0 Å². The van der Waals surface area contributed by atoms with Gasteiger partial charge in [-0.15, -0.1) is 0 Å². The monoisotopic (exact) mass is 288 g/mol. The van der Waals surface area contributed by atoms with E-state index in [2.05, 4.69) is 4.98 Å². The Balaban J connectivity index is 2.32. The van der Waals surface area contributed by atoms with E-state index in [-0.39, 0.29) is 24.7 Å². The molecule has 0 bridgehead atoms. The number of sulfonamides is 1. The average molecular weight is 288 g/mol. The third kappa shape index (κ3) is 2.51. The molecule has 8 heteroatoms. The summed E-state index contributed by atoms with van der Waals surface area (Å²) < 4.78 is 31.2. The van der Waals surface area contributed by atoms with Gasteiger partial charge in [-0.3, -0.25) is 4.79 Å². The Hall–Kier alpha value is -1.38. The van der Waals surface area contributed by atoms with E-state index in [1.807, 2.05) is 0 Å². The van der Waals surface area contributed by atoms with Crippen molar-refractivity contribution >= 4 is 16.0 Å². The number of carboxylic acids is 1. The highest BCUT2D eigenvalue weighted by Crippen LogP contribution is 2.26. The highest BCUT2D eigenvalue weighted by molar-refractivity contribution is 7.89. The van der Waals surface area contributed by atoms with Crippen molar-refractivity contribution < 1.29 is 23.1 Å². The molecule has 2 rings (SSSR count). The van der Waals surface area contributed by atoms with Gasteiger partial charge in [0.1, 0.15) is 0 Å². The lowest BCUT2D eigenvalue weighted by atomic mass is 10.0. The van der Waals surface area contributed by atoms with E-state index in [1.165, 1.54) is 22.8 Å². The van der Waals surface area contributed by atoms with Crippen molar-refractivity contribution in [3.8, 4) is 0 Å². The van der Waals surface area contributed by atoms with Gasteiger partial charge in [0.15, 0.2) is 0 Å². The zero-order valence-corrected chi connectivity index (χ0v) is 11.3. The molecule has 1 aliphatic rings. The summed E-state index contributed by atoms with van der Waals surface area (Å²) in [6.45, 7) is 2.03. The van der Waals surface area contributed by atoms with E-state index in [9.17, 15) is 13.2 Å². The highest BCUT2D eigenvalue weighted by Gasteiger charge is 2.42. The predicted octanol–water partition coefficient (Wildman–Crippen LogP) is 0.125. The fourth-order valence-corrected chi connectivity index (χ4v) is 3.88. The Morgan fingerprint density at radius 1 is 1.58 bits per heavy atom. The molecule has 2 heterocycles. The van der Waals surface area contributed by atoms with Crippen LogP contribution in [0.25, 0.3) is 0 Å². The van der Waals surface area contributed by atoms with E-state index >= 15 is 0 Å². The van der Waals surface area contributed by atoms with Crippen molar-refractivity contribution in [3.63, 3.8) is 0 Å². The molecule has 7 nitrogen and oxygen atoms in total. The number of rotatable bonds is 5. The summed E-state index contributed by atoms with van der Waals surface area (Å²) in [6, 6.07) is 0.784. The number of hydrogen-bond acceptors (Lipinski definition) is 4. The van der Waals surface area contributed by atoms with Crippen LogP contribution in [0.1, 0.15) is 6.92 Å². The van der Waals surface area contributed by atoms with Crippen LogP contribution in [-0.2, 0) is 19.6 Å². The molecular formula is C11H16N2O5S. The van der Waals surface area contributed by atoms with Crippen molar-refractivity contribution in [2.45, 2.75) is 17.9 Å². The maximum atomic E-state index is 12.4. The van der Waals surface area contributed by atoms with E-state index in [0.717, 1.165) is 0 Å². The van der Waals surface area contributed by atoms with Gasteiger partial charge >= 0.3 is 5.97 Å². The molecule has 0 spiro atoms. The summed E-state index contributed by atoms with van der Waals surface area (Å²) in [6.07, 6.45) is 2.89. The van der Waals surface area contributed by atoms with Crippen LogP contribution < -0.4 is 0 Å². The lowest BCUT2D eigenvalue weighted by Crippen LogP contribution is -2.46. The molecule has 1 aromatic heterocycles. The maximum Gasteiger partial charge on any atom is 0.310 e. The van der Waals surface area contributed by atoms with Gasteiger partial charge in [-0.05, 0) is 6.07 Å². The largest absolute Gasteiger partial charge is 0.481 e. The van der Waals surface area contributed by atoms with Gasteiger partial charge in [0, 0.05) is 18.9 Å². The summed E-state index contributed by atoms with van der Waals surface area (Å²) in [5, 5.41) is 9.12. The van der Waals surface area contributed by atoms with Crippen LogP contribution in [0.2, 0.25) is 0 Å². The molecular weight excluding hydrogens is 272 g/mol. The quantitative estimate of drug-likeness (QED) is 0.802. The van der Waals surface area contributed by atoms with Crippen molar-refractivity contribution in [3.05, 3.63) is 18.5 Å². The minimum atomic E-state index is -3.70. The molecule has 106 valence electrons. The van der Waals surface area contributed by atoms with Crippen LogP contribution in [0, 0.1) is 5.92 Å². The Morgan fingerprint density at radius 3 is 2.84 bits per heavy atom. The SMILES string of the molecule is CCN(C1COCC1C(=O)O)S(=O)(=O)c1cc[nH]c1. The van der Waals surface area contributed by atoms with Crippen LogP contribution >= 0.6 is 0 Å². The van der Waals surface area contributed by atoms with E-state index < -0.39 is 28.0 Å². The molecule has 1 fully saturated rings. The molecule has 0 amide bonds. The molecule has 1 saturated heterocycles. The van der Waals surface area contributed by atoms with Gasteiger partial charge in [-0.1, -0.05) is 6.92 Å². The van der Waals surface area contributed by atoms with Crippen molar-refractivity contribution in [1.29, 1.82) is 0 Å². The summed E-state index contributed by atoms with van der Waals surface area (Å²) in [7, 11) is -3.70. The smallest absolute Gasteiger partial charge is 0.310 e. The summed E-state index contributed by atoms with van der Waals surface area (Å²) in [4.78, 5) is 14.0. The standard InChI is InChI=1S/C11H16N2O5S/c1-2-13(10-7-18-6-9(10)11(14)15)19(16,17)8-3-4-12-5-8/h3-5,9-10,12H,2,6-7H2,1H3,(H,14,15). The third-order valence-electron chi connectivity index (χ3n) is 3.23. The number of aromatic nitrogens is 1. The lowest BCUT2D eigenvalue weighted by Gasteiger charge is -2.27. The molecule has 0 saturated carbocycles. The summed E-state index contributed by atoms with van der Waals surface area (Å²) in [5.41, 5.74) is 0. The van der Waals surface area contributed by atoms with Gasteiger partial charge in [-0.2, -0.15) is 4.31 Å². The first-order valence-corrected chi connectivity index (χ1v) is 7.37. The fraction of sp³-hybridized carbons (Fsp3) is 0.545. The Bertz CT molecular complexity index is 539. The summed E-state index contributed by atoms with van der Waals surface area (Å²) >= 11 is 0. The number of nitrogens with zero attached hydrogens (tertiary/aromatic N) is 1. The molecule has 2 N–H and O–H groups in total. The van der Waals surface area contributed by atoms with E-state index in [1.54, 1.807) is 6.92 Å². The number of aliphatic carboxylic acids is 1. The number of carbonyl (C=O) groups is 1. The summed E-state index contributed by atoms with van der Waals surface area (Å²) in [5.74, 6) is -1.86. The van der Waals surface area contributed by atoms with Crippen LogP contribution in [0.15, 0.2) is 23.4 Å². The Kier molecular flexibility index (Phi) is 3.93. The second kappa shape index (κ2) is 5.32. The number of ether oxygens (including phenoxy) is 1. The first kappa shape index (κ1) is 14.0. The van der Waals surface area contributed by atoms with Gasteiger partial charge in [-0.25, -0.2) is 8.42 Å². The number of likely N-dealkylation sites (N-methyl/N-ethyl adjacent to an activating group) is 1. The number of aromatic amines is 1. The molecule has 0 aliphatic carbocycles. The normalized spacial score (nSPS) is 23.9. The predicted molar refractivity (Wildman–Crippen MR) is 66.1 cm³/mol. The topological polar surface area (TPSA) is 99.7 Å². The van der Waals surface area contributed by atoms with Crippen LogP contribution in [-0.4, -0.2) is 54.6 Å². The molecule has 0 aromatic carbocycles. The molecule has 1 aromatic rings. The Morgan fingerprint density at radius 2 is 2.32 bits per heavy atom. The van der Waals surface area contributed by atoms with Gasteiger partial charge < -0.3 is 14.8 Å². The van der Waals surface area contributed by atoms with E-state index in [0.29, 0.717) is 0 Å². The second-order valence-electron chi connectivity index (χ2n) is 4.30. The minimum absolute atomic E-state index is 0.0408. The number of H-pyrrole nitrogens is 1. The van der Waals surface area contributed by atoms with Crippen molar-refractivity contribution in [2.75, 3.05) is 19.8 Å². The maximum absolute atomic E-state index is 12.4. The first-order valence-electron chi connectivity index (χ1n) is 5.93. The molecule has 2 unspecified atom stereocenters. The number of hydrogen-bond donors (Lipinski definition) is 2. The average Bonchev–Trinajstić information content (AvgIpc) is 3.00. The molecule has 2 atom stereocenters. The van der Waals surface area contributed by atoms with Crippen molar-refractivity contribution in [2.24, 2.45) is 5.92 Å². The minimum Gasteiger partial charge on any atom is -0.481 e. The zero-order chi connectivity index (χ0) is 14.0. The highest BCUT2D eigenvalue weighted by atomic mass is 32.2. The Labute approximate surface area is 111 Å². The van der Waals surface area contributed by atoms with Crippen LogP contribution in [0.3, 0.4) is 0 Å². The van der Waals surface area contributed by atoms with Gasteiger partial charge in [0.25, 0.3) is 0 Å². The van der Waals surface area contributed by atoms with Crippen molar-refractivity contribution in [1.82, 2.24) is 9.29 Å². The molecule has 19 heavy (non-hydrogen) atoms. The molecule has 0 radical (unpaired) electrons. The number of nitrogens with one attached hydrogen (secondary N) is 1. The zero-order valence-electron chi connectivity index (χ0n) is 10.4. The van der Waals surface area contributed by atoms with Crippen LogP contribution in [0.5, 0.6) is 0 Å². The van der Waals surface area contributed by atoms with E-state index in [4.69, 9.17) is 9.84 Å². The van der Waals surface area contributed by atoms with Gasteiger partial charge in [0.05, 0.1) is 30.1 Å². The van der Waals surface area contributed by atoms with Gasteiger partial charge in [0.2, 0.25) is 10.0 Å². The fourth-order valence-electron chi connectivity index (χ4n) is 2.25. The second-order valence-corrected chi connectivity index (χ2v) is 6.20.